The lowest BCUT2D eigenvalue weighted by Gasteiger charge is -2.12. The molecule has 13 heavy (non-hydrogen) atoms. The fourth-order valence-electron chi connectivity index (χ4n) is 0.830. The summed E-state index contributed by atoms with van der Waals surface area (Å²) in [6, 6.07) is -0.732. The summed E-state index contributed by atoms with van der Waals surface area (Å²) in [4.78, 5) is 21.2. The maximum Gasteiger partial charge on any atom is 0.235 e. The van der Waals surface area contributed by atoms with E-state index in [0.29, 0.717) is 13.0 Å². The van der Waals surface area contributed by atoms with E-state index >= 15 is 0 Å². The fourth-order valence-corrected chi connectivity index (χ4v) is 0.830. The number of carbonyl (C=O) groups excluding carboxylic acids is 2. The summed E-state index contributed by atoms with van der Waals surface area (Å²) in [5.41, 5.74) is 9.89. The van der Waals surface area contributed by atoms with Crippen LogP contribution < -0.4 is 16.8 Å². The van der Waals surface area contributed by atoms with Crippen molar-refractivity contribution in [3.05, 3.63) is 0 Å². The van der Waals surface area contributed by atoms with Gasteiger partial charge in [0, 0.05) is 6.61 Å². The van der Waals surface area contributed by atoms with Crippen LogP contribution in [0.25, 0.3) is 0 Å². The number of amides is 2. The Morgan fingerprint density at radius 2 is 2.00 bits per heavy atom. The Kier molecular flexibility index (Phi) is 5.82. The molecule has 0 aliphatic carbocycles. The molecule has 0 aliphatic rings. The third-order valence-corrected chi connectivity index (χ3v) is 1.47. The van der Waals surface area contributed by atoms with Gasteiger partial charge in [-0.05, 0) is 13.0 Å². The van der Waals surface area contributed by atoms with Gasteiger partial charge in [0.25, 0.3) is 0 Å². The summed E-state index contributed by atoms with van der Waals surface area (Å²) in [5, 5.41) is 11.2. The van der Waals surface area contributed by atoms with E-state index < -0.39 is 17.9 Å². The Balaban J connectivity index is 3.81. The smallest absolute Gasteiger partial charge is 0.235 e. The van der Waals surface area contributed by atoms with E-state index in [1.54, 1.807) is 0 Å². The molecular weight excluding hydrogens is 174 g/mol. The van der Waals surface area contributed by atoms with Gasteiger partial charge in [-0.1, -0.05) is 0 Å². The van der Waals surface area contributed by atoms with E-state index in [-0.39, 0.29) is 13.0 Å². The zero-order chi connectivity index (χ0) is 10.3. The summed E-state index contributed by atoms with van der Waals surface area (Å²) in [6.45, 7) is 0.451. The summed E-state index contributed by atoms with van der Waals surface area (Å²) in [6.07, 6.45) is 0.392. The van der Waals surface area contributed by atoms with Crippen molar-refractivity contribution in [2.24, 2.45) is 11.5 Å². The van der Waals surface area contributed by atoms with Crippen LogP contribution in [0.1, 0.15) is 12.8 Å². The molecule has 0 saturated carbocycles. The number of carbonyl (C=O) groups is 2. The van der Waals surface area contributed by atoms with Gasteiger partial charge in [0.2, 0.25) is 11.8 Å². The Hall–Kier alpha value is -1.14. The Morgan fingerprint density at radius 3 is 2.38 bits per heavy atom. The molecule has 0 aliphatic heterocycles. The topological polar surface area (TPSA) is 118 Å². The van der Waals surface area contributed by atoms with Crippen LogP contribution in [0, 0.1) is 0 Å². The molecule has 6 heteroatoms. The molecule has 0 radical (unpaired) electrons. The van der Waals surface area contributed by atoms with E-state index in [4.69, 9.17) is 16.6 Å². The first-order chi connectivity index (χ1) is 6.07. The molecule has 0 aromatic rings. The Labute approximate surface area is 76.3 Å². The molecule has 0 spiro atoms. The van der Waals surface area contributed by atoms with E-state index in [2.05, 4.69) is 5.32 Å². The van der Waals surface area contributed by atoms with Crippen LogP contribution in [0.15, 0.2) is 0 Å². The predicted octanol–water partition coefficient (Wildman–Crippen LogP) is -2.31. The van der Waals surface area contributed by atoms with Crippen LogP contribution in [0.4, 0.5) is 0 Å². The van der Waals surface area contributed by atoms with Crippen molar-refractivity contribution in [1.29, 1.82) is 0 Å². The monoisotopic (exact) mass is 189 g/mol. The van der Waals surface area contributed by atoms with E-state index in [1.807, 2.05) is 0 Å². The predicted molar refractivity (Wildman–Crippen MR) is 46.5 cm³/mol. The molecule has 2 amide bonds. The van der Waals surface area contributed by atoms with Crippen LogP contribution in [-0.2, 0) is 9.59 Å². The van der Waals surface area contributed by atoms with Gasteiger partial charge >= 0.3 is 0 Å². The van der Waals surface area contributed by atoms with E-state index in [9.17, 15) is 9.59 Å². The van der Waals surface area contributed by atoms with Crippen molar-refractivity contribution in [3.63, 3.8) is 0 Å². The Morgan fingerprint density at radius 1 is 1.38 bits per heavy atom. The minimum atomic E-state index is -0.732. The van der Waals surface area contributed by atoms with E-state index in [0.717, 1.165) is 0 Å². The largest absolute Gasteiger partial charge is 0.396 e. The number of rotatable bonds is 7. The fraction of sp³-hybridized carbons (Fsp3) is 0.714. The van der Waals surface area contributed by atoms with Crippen LogP contribution in [0.3, 0.4) is 0 Å². The highest BCUT2D eigenvalue weighted by molar-refractivity contribution is 5.86. The van der Waals surface area contributed by atoms with Gasteiger partial charge < -0.3 is 21.9 Å². The second-order valence-corrected chi connectivity index (χ2v) is 2.66. The zero-order valence-electron chi connectivity index (χ0n) is 7.32. The van der Waals surface area contributed by atoms with Crippen molar-refractivity contribution < 1.29 is 14.7 Å². The van der Waals surface area contributed by atoms with Gasteiger partial charge in [-0.2, -0.15) is 0 Å². The lowest BCUT2D eigenvalue weighted by atomic mass is 10.2. The highest BCUT2D eigenvalue weighted by atomic mass is 16.3. The second kappa shape index (κ2) is 6.38. The van der Waals surface area contributed by atoms with Gasteiger partial charge in [-0.3, -0.25) is 9.59 Å². The van der Waals surface area contributed by atoms with Crippen LogP contribution in [0.2, 0.25) is 0 Å². The molecule has 6 nitrogen and oxygen atoms in total. The minimum absolute atomic E-state index is 0.0229. The van der Waals surface area contributed by atoms with Crippen molar-refractivity contribution in [3.8, 4) is 0 Å². The van der Waals surface area contributed by atoms with Crippen LogP contribution in [0.5, 0.6) is 0 Å². The lowest BCUT2D eigenvalue weighted by Crippen LogP contribution is -2.44. The number of hydrogen-bond acceptors (Lipinski definition) is 4. The first-order valence-electron chi connectivity index (χ1n) is 3.99. The number of nitrogens with two attached hydrogens (primary N) is 2. The third kappa shape index (κ3) is 6.06. The van der Waals surface area contributed by atoms with Gasteiger partial charge in [-0.15, -0.1) is 0 Å². The molecule has 0 rings (SSSR count). The Bertz CT molecular complexity index is 184. The van der Waals surface area contributed by atoms with Crippen LogP contribution >= 0.6 is 0 Å². The summed E-state index contributed by atoms with van der Waals surface area (Å²) in [7, 11) is 0. The summed E-state index contributed by atoms with van der Waals surface area (Å²) < 4.78 is 0. The minimum Gasteiger partial charge on any atom is -0.396 e. The molecule has 1 atom stereocenters. The third-order valence-electron chi connectivity index (χ3n) is 1.47. The van der Waals surface area contributed by atoms with Gasteiger partial charge in [0.05, 0.1) is 12.5 Å². The number of aliphatic hydroxyl groups is 1. The maximum atomic E-state index is 10.7. The second-order valence-electron chi connectivity index (χ2n) is 2.66. The molecule has 6 N–H and O–H groups in total. The SMILES string of the molecule is NC(=O)C[C@H](NCCCO)C(N)=O. The molecular formula is C7H15N3O3. The number of hydrogen-bond donors (Lipinski definition) is 4. The van der Waals surface area contributed by atoms with Gasteiger partial charge in [-0.25, -0.2) is 0 Å². The zero-order valence-corrected chi connectivity index (χ0v) is 7.32. The van der Waals surface area contributed by atoms with Crippen LogP contribution in [-0.4, -0.2) is 36.1 Å². The van der Waals surface area contributed by atoms with Gasteiger partial charge in [0.1, 0.15) is 0 Å². The average Bonchev–Trinajstić information content (AvgIpc) is 2.02. The summed E-state index contributed by atoms with van der Waals surface area (Å²) in [5.74, 6) is -1.20. The number of primary amides is 2. The van der Waals surface area contributed by atoms with Crippen molar-refractivity contribution in [2.75, 3.05) is 13.2 Å². The first-order valence-corrected chi connectivity index (χ1v) is 3.99. The van der Waals surface area contributed by atoms with Crippen molar-refractivity contribution in [2.45, 2.75) is 18.9 Å². The highest BCUT2D eigenvalue weighted by Crippen LogP contribution is 1.90. The first kappa shape index (κ1) is 11.9. The molecule has 0 aromatic carbocycles. The molecule has 0 bridgehead atoms. The normalized spacial score (nSPS) is 12.4. The lowest BCUT2D eigenvalue weighted by molar-refractivity contribution is -0.125. The molecule has 0 saturated heterocycles. The maximum absolute atomic E-state index is 10.7. The van der Waals surface area contributed by atoms with E-state index in [1.165, 1.54) is 0 Å². The molecule has 0 heterocycles. The number of aliphatic hydroxyl groups excluding tert-OH is 1. The standard InChI is InChI=1S/C7H15N3O3/c8-6(12)4-5(7(9)13)10-2-1-3-11/h5,10-11H,1-4H2,(H2,8,12)(H2,9,13)/t5-/m0/s1. The molecule has 0 unspecified atom stereocenters. The molecule has 76 valence electrons. The van der Waals surface area contributed by atoms with Crippen molar-refractivity contribution in [1.82, 2.24) is 5.32 Å². The average molecular weight is 189 g/mol. The number of nitrogens with one attached hydrogen (secondary N) is 1. The molecule has 0 fully saturated rings. The quantitative estimate of drug-likeness (QED) is 0.336. The summed E-state index contributed by atoms with van der Waals surface area (Å²) >= 11 is 0. The molecule has 0 aromatic heterocycles. The van der Waals surface area contributed by atoms with Crippen molar-refractivity contribution >= 4 is 11.8 Å². The highest BCUT2D eigenvalue weighted by Gasteiger charge is 2.16. The van der Waals surface area contributed by atoms with Gasteiger partial charge in [0.15, 0.2) is 0 Å².